The van der Waals surface area contributed by atoms with Crippen LogP contribution in [0.4, 0.5) is 13.2 Å². The Balaban J connectivity index is 2.58. The fraction of sp³-hybridized carbons (Fsp3) is 0.294. The van der Waals surface area contributed by atoms with Gasteiger partial charge in [-0.1, -0.05) is 25.1 Å². The van der Waals surface area contributed by atoms with Gasteiger partial charge in [0, 0.05) is 5.56 Å². The van der Waals surface area contributed by atoms with E-state index in [1.165, 1.54) is 18.2 Å². The Labute approximate surface area is 122 Å². The number of hydrogen-bond donors (Lipinski definition) is 1. The van der Waals surface area contributed by atoms with Crippen molar-refractivity contribution in [3.63, 3.8) is 0 Å². The lowest BCUT2D eigenvalue weighted by Gasteiger charge is -2.21. The molecule has 2 rings (SSSR count). The molecule has 21 heavy (non-hydrogen) atoms. The Morgan fingerprint density at radius 1 is 0.952 bits per heavy atom. The Morgan fingerprint density at radius 3 is 2.24 bits per heavy atom. The fourth-order valence-electron chi connectivity index (χ4n) is 2.38. The summed E-state index contributed by atoms with van der Waals surface area (Å²) in [5.41, 5.74) is 1.44. The quantitative estimate of drug-likeness (QED) is 0.880. The van der Waals surface area contributed by atoms with E-state index in [1.54, 1.807) is 26.0 Å². The van der Waals surface area contributed by atoms with Gasteiger partial charge in [-0.3, -0.25) is 0 Å². The largest absolute Gasteiger partial charge is 0.306 e. The fourth-order valence-corrected chi connectivity index (χ4v) is 2.38. The van der Waals surface area contributed by atoms with Crippen molar-refractivity contribution in [3.8, 4) is 0 Å². The van der Waals surface area contributed by atoms with Crippen molar-refractivity contribution in [2.24, 2.45) is 0 Å². The highest BCUT2D eigenvalue weighted by Gasteiger charge is 2.23. The highest BCUT2D eigenvalue weighted by Crippen LogP contribution is 2.29. The second-order valence-electron chi connectivity index (χ2n) is 5.09. The standard InChI is InChI=1S/C17H18F3N/c1-4-21-17(12-6-8-13(18)11(3)9-12)15-14(19)7-5-10(2)16(15)20/h5-9,17,21H,4H2,1-3H3. The highest BCUT2D eigenvalue weighted by atomic mass is 19.1. The van der Waals surface area contributed by atoms with Crippen LogP contribution in [-0.4, -0.2) is 6.54 Å². The molecular formula is C17H18F3N. The molecule has 4 heteroatoms. The van der Waals surface area contributed by atoms with Crippen LogP contribution >= 0.6 is 0 Å². The van der Waals surface area contributed by atoms with Crippen LogP contribution in [0.1, 0.15) is 35.2 Å². The molecule has 0 aliphatic heterocycles. The van der Waals surface area contributed by atoms with Crippen LogP contribution < -0.4 is 5.32 Å². The molecule has 1 unspecified atom stereocenters. The summed E-state index contributed by atoms with van der Waals surface area (Å²) in [5.74, 6) is -1.51. The van der Waals surface area contributed by atoms with Gasteiger partial charge in [0.05, 0.1) is 6.04 Å². The SMILES string of the molecule is CCNC(c1ccc(F)c(C)c1)c1c(F)ccc(C)c1F. The van der Waals surface area contributed by atoms with E-state index in [2.05, 4.69) is 5.32 Å². The first-order valence-electron chi connectivity index (χ1n) is 6.89. The monoisotopic (exact) mass is 293 g/mol. The number of benzene rings is 2. The average Bonchev–Trinajstić information content (AvgIpc) is 2.45. The predicted molar refractivity (Wildman–Crippen MR) is 77.8 cm³/mol. The summed E-state index contributed by atoms with van der Waals surface area (Å²) >= 11 is 0. The molecule has 0 fully saturated rings. The van der Waals surface area contributed by atoms with E-state index in [4.69, 9.17) is 0 Å². The van der Waals surface area contributed by atoms with Gasteiger partial charge in [0.2, 0.25) is 0 Å². The summed E-state index contributed by atoms with van der Waals surface area (Å²) in [6.45, 7) is 5.62. The molecule has 1 N–H and O–H groups in total. The third kappa shape index (κ3) is 3.10. The molecule has 1 nitrogen and oxygen atoms in total. The topological polar surface area (TPSA) is 12.0 Å². The average molecular weight is 293 g/mol. The predicted octanol–water partition coefficient (Wildman–Crippen LogP) is 4.42. The van der Waals surface area contributed by atoms with Crippen molar-refractivity contribution >= 4 is 0 Å². The Bertz CT molecular complexity index is 653. The zero-order valence-electron chi connectivity index (χ0n) is 12.3. The van der Waals surface area contributed by atoms with E-state index < -0.39 is 17.7 Å². The first-order chi connectivity index (χ1) is 9.95. The molecule has 0 saturated heterocycles. The summed E-state index contributed by atoms with van der Waals surface area (Å²) in [6.07, 6.45) is 0. The number of rotatable bonds is 4. The van der Waals surface area contributed by atoms with E-state index in [-0.39, 0.29) is 11.4 Å². The highest BCUT2D eigenvalue weighted by molar-refractivity contribution is 5.38. The first kappa shape index (κ1) is 15.6. The van der Waals surface area contributed by atoms with Crippen molar-refractivity contribution in [3.05, 3.63) is 70.0 Å². The van der Waals surface area contributed by atoms with Crippen molar-refractivity contribution < 1.29 is 13.2 Å². The number of hydrogen-bond acceptors (Lipinski definition) is 1. The van der Waals surface area contributed by atoms with Gasteiger partial charge < -0.3 is 5.32 Å². The van der Waals surface area contributed by atoms with Crippen LogP contribution in [0.5, 0.6) is 0 Å². The summed E-state index contributed by atoms with van der Waals surface area (Å²) in [6, 6.07) is 6.51. The molecule has 1 atom stereocenters. The lowest BCUT2D eigenvalue weighted by atomic mass is 9.94. The summed E-state index contributed by atoms with van der Waals surface area (Å²) < 4.78 is 41.9. The Kier molecular flexibility index (Phi) is 4.68. The van der Waals surface area contributed by atoms with Crippen LogP contribution in [0.15, 0.2) is 30.3 Å². The van der Waals surface area contributed by atoms with E-state index in [9.17, 15) is 13.2 Å². The molecule has 2 aromatic rings. The van der Waals surface area contributed by atoms with Crippen LogP contribution in [0.2, 0.25) is 0 Å². The molecule has 0 bridgehead atoms. The normalized spacial score (nSPS) is 12.5. The van der Waals surface area contributed by atoms with Gasteiger partial charge >= 0.3 is 0 Å². The maximum absolute atomic E-state index is 14.3. The van der Waals surface area contributed by atoms with E-state index in [0.29, 0.717) is 23.2 Å². The van der Waals surface area contributed by atoms with Crippen molar-refractivity contribution in [2.75, 3.05) is 6.54 Å². The van der Waals surface area contributed by atoms with Crippen LogP contribution in [0.3, 0.4) is 0 Å². The van der Waals surface area contributed by atoms with Gasteiger partial charge in [-0.05, 0) is 49.2 Å². The molecular weight excluding hydrogens is 275 g/mol. The van der Waals surface area contributed by atoms with Crippen molar-refractivity contribution in [1.29, 1.82) is 0 Å². The van der Waals surface area contributed by atoms with E-state index >= 15 is 0 Å². The summed E-state index contributed by atoms with van der Waals surface area (Å²) in [7, 11) is 0. The molecule has 112 valence electrons. The van der Waals surface area contributed by atoms with E-state index in [0.717, 1.165) is 0 Å². The second kappa shape index (κ2) is 6.31. The third-order valence-electron chi connectivity index (χ3n) is 3.53. The first-order valence-corrected chi connectivity index (χ1v) is 6.89. The van der Waals surface area contributed by atoms with E-state index in [1.807, 2.05) is 6.92 Å². The van der Waals surface area contributed by atoms with Crippen LogP contribution in [0, 0.1) is 31.3 Å². The van der Waals surface area contributed by atoms with Gasteiger partial charge in [0.15, 0.2) is 0 Å². The van der Waals surface area contributed by atoms with Crippen molar-refractivity contribution in [1.82, 2.24) is 5.32 Å². The van der Waals surface area contributed by atoms with Gasteiger partial charge in [0.25, 0.3) is 0 Å². The minimum Gasteiger partial charge on any atom is -0.306 e. The Hall–Kier alpha value is -1.81. The van der Waals surface area contributed by atoms with Gasteiger partial charge in [-0.25, -0.2) is 13.2 Å². The molecule has 0 spiro atoms. The lowest BCUT2D eigenvalue weighted by Crippen LogP contribution is -2.24. The number of aryl methyl sites for hydroxylation is 2. The minimum atomic E-state index is -0.644. The lowest BCUT2D eigenvalue weighted by molar-refractivity contribution is 0.505. The zero-order chi connectivity index (χ0) is 15.6. The molecule has 0 aromatic heterocycles. The molecule has 2 aromatic carbocycles. The minimum absolute atomic E-state index is 0.0251. The van der Waals surface area contributed by atoms with Crippen molar-refractivity contribution in [2.45, 2.75) is 26.8 Å². The third-order valence-corrected chi connectivity index (χ3v) is 3.53. The molecule has 0 aliphatic rings. The molecule has 0 heterocycles. The summed E-state index contributed by atoms with van der Waals surface area (Å²) in [4.78, 5) is 0. The molecule has 0 amide bonds. The number of halogens is 3. The zero-order valence-corrected chi connectivity index (χ0v) is 12.3. The Morgan fingerprint density at radius 2 is 1.62 bits per heavy atom. The number of nitrogens with one attached hydrogen (secondary N) is 1. The maximum atomic E-state index is 14.3. The summed E-state index contributed by atoms with van der Waals surface area (Å²) in [5, 5.41) is 3.07. The van der Waals surface area contributed by atoms with Gasteiger partial charge in [-0.15, -0.1) is 0 Å². The van der Waals surface area contributed by atoms with Gasteiger partial charge in [0.1, 0.15) is 17.5 Å². The van der Waals surface area contributed by atoms with Crippen LogP contribution in [0.25, 0.3) is 0 Å². The van der Waals surface area contributed by atoms with Crippen LogP contribution in [-0.2, 0) is 0 Å². The second-order valence-corrected chi connectivity index (χ2v) is 5.09. The maximum Gasteiger partial charge on any atom is 0.134 e. The molecule has 0 radical (unpaired) electrons. The smallest absolute Gasteiger partial charge is 0.134 e. The van der Waals surface area contributed by atoms with Gasteiger partial charge in [-0.2, -0.15) is 0 Å². The molecule has 0 aliphatic carbocycles. The molecule has 0 saturated carbocycles.